The van der Waals surface area contributed by atoms with E-state index in [9.17, 15) is 13.2 Å². The molecule has 0 saturated heterocycles. The van der Waals surface area contributed by atoms with Gasteiger partial charge in [0, 0.05) is 24.8 Å². The zero-order chi connectivity index (χ0) is 17.9. The van der Waals surface area contributed by atoms with E-state index in [1.807, 2.05) is 0 Å². The molecule has 1 amide bonds. The molecular weight excluding hydrogens is 371 g/mol. The van der Waals surface area contributed by atoms with Gasteiger partial charge in [0.2, 0.25) is 5.91 Å². The molecule has 2 aromatic carbocycles. The molecule has 0 bridgehead atoms. The second-order valence-corrected chi connectivity index (χ2v) is 7.84. The monoisotopic (exact) mass is 386 g/mol. The lowest BCUT2D eigenvalue weighted by Crippen LogP contribution is -2.23. The summed E-state index contributed by atoms with van der Waals surface area (Å²) >= 11 is 11.8. The summed E-state index contributed by atoms with van der Waals surface area (Å²) < 4.78 is 27.3. The van der Waals surface area contributed by atoms with Crippen LogP contribution in [0.2, 0.25) is 10.0 Å². The second kappa shape index (κ2) is 7.42. The van der Waals surface area contributed by atoms with Crippen LogP contribution in [0.4, 0.5) is 5.69 Å². The highest BCUT2D eigenvalue weighted by Gasteiger charge is 2.18. The van der Waals surface area contributed by atoms with Crippen LogP contribution in [0.25, 0.3) is 0 Å². The molecule has 1 N–H and O–H groups in total. The third kappa shape index (κ3) is 4.63. The van der Waals surface area contributed by atoms with Crippen molar-refractivity contribution in [3.8, 4) is 0 Å². The molecule has 0 aliphatic rings. The minimum Gasteiger partial charge on any atom is -0.349 e. The van der Waals surface area contributed by atoms with Gasteiger partial charge in [-0.25, -0.2) is 8.42 Å². The molecule has 0 unspecified atom stereocenters. The van der Waals surface area contributed by atoms with Gasteiger partial charge in [0.1, 0.15) is 4.90 Å². The molecule has 0 atom stereocenters. The Morgan fingerprint density at radius 1 is 1.08 bits per heavy atom. The number of benzene rings is 2. The van der Waals surface area contributed by atoms with Crippen LogP contribution in [0.3, 0.4) is 0 Å². The van der Waals surface area contributed by atoms with Gasteiger partial charge in [-0.15, -0.1) is 0 Å². The number of nitrogens with one attached hydrogen (secondary N) is 1. The SMILES string of the molecule is CN(C)C(=O)Cc1ccc(NS(=O)(=O)c2cc(Cl)ccc2Cl)cc1. The molecule has 0 radical (unpaired) electrons. The molecule has 8 heteroatoms. The summed E-state index contributed by atoms with van der Waals surface area (Å²) in [5, 5.41) is 0.359. The van der Waals surface area contributed by atoms with Gasteiger partial charge in [-0.1, -0.05) is 35.3 Å². The summed E-state index contributed by atoms with van der Waals surface area (Å²) in [6, 6.07) is 10.8. The van der Waals surface area contributed by atoms with E-state index >= 15 is 0 Å². The third-order valence-electron chi connectivity index (χ3n) is 3.24. The molecule has 0 saturated carbocycles. The van der Waals surface area contributed by atoms with Crippen molar-refractivity contribution in [1.82, 2.24) is 4.90 Å². The van der Waals surface area contributed by atoms with E-state index in [2.05, 4.69) is 4.72 Å². The van der Waals surface area contributed by atoms with E-state index in [-0.39, 0.29) is 27.3 Å². The minimum atomic E-state index is -3.86. The van der Waals surface area contributed by atoms with Gasteiger partial charge in [-0.05, 0) is 35.9 Å². The van der Waals surface area contributed by atoms with Gasteiger partial charge in [-0.3, -0.25) is 9.52 Å². The number of anilines is 1. The molecule has 0 aliphatic heterocycles. The van der Waals surface area contributed by atoms with Crippen LogP contribution in [-0.2, 0) is 21.2 Å². The first kappa shape index (κ1) is 18.6. The smallest absolute Gasteiger partial charge is 0.263 e. The Labute approximate surface area is 151 Å². The van der Waals surface area contributed by atoms with E-state index in [1.165, 1.54) is 23.1 Å². The molecule has 0 spiro atoms. The van der Waals surface area contributed by atoms with Crippen LogP contribution in [0.15, 0.2) is 47.4 Å². The van der Waals surface area contributed by atoms with E-state index in [1.54, 1.807) is 38.4 Å². The predicted molar refractivity (Wildman–Crippen MR) is 96.1 cm³/mol. The predicted octanol–water partition coefficient (Wildman–Crippen LogP) is 3.42. The maximum Gasteiger partial charge on any atom is 0.263 e. The minimum absolute atomic E-state index is 0.0333. The lowest BCUT2D eigenvalue weighted by molar-refractivity contribution is -0.127. The van der Waals surface area contributed by atoms with Crippen molar-refractivity contribution in [3.05, 3.63) is 58.1 Å². The number of halogens is 2. The maximum atomic E-state index is 12.4. The Kier molecular flexibility index (Phi) is 5.74. The van der Waals surface area contributed by atoms with Crippen LogP contribution in [0.5, 0.6) is 0 Å². The van der Waals surface area contributed by atoms with Crippen LogP contribution < -0.4 is 4.72 Å². The summed E-state index contributed by atoms with van der Waals surface area (Å²) in [5.41, 5.74) is 1.16. The number of sulfonamides is 1. The van der Waals surface area contributed by atoms with E-state index in [0.717, 1.165) is 5.56 Å². The van der Waals surface area contributed by atoms with Crippen molar-refractivity contribution in [1.29, 1.82) is 0 Å². The molecule has 24 heavy (non-hydrogen) atoms. The largest absolute Gasteiger partial charge is 0.349 e. The number of hydrogen-bond acceptors (Lipinski definition) is 3. The first-order chi connectivity index (χ1) is 11.2. The van der Waals surface area contributed by atoms with Gasteiger partial charge < -0.3 is 4.90 Å². The summed E-state index contributed by atoms with van der Waals surface area (Å²) in [7, 11) is -0.497. The van der Waals surface area contributed by atoms with Crippen molar-refractivity contribution in [2.75, 3.05) is 18.8 Å². The highest BCUT2D eigenvalue weighted by Crippen LogP contribution is 2.26. The average Bonchev–Trinajstić information content (AvgIpc) is 2.51. The number of hydrogen-bond donors (Lipinski definition) is 1. The Morgan fingerprint density at radius 3 is 2.29 bits per heavy atom. The van der Waals surface area contributed by atoms with Crippen molar-refractivity contribution in [3.63, 3.8) is 0 Å². The van der Waals surface area contributed by atoms with Crippen molar-refractivity contribution < 1.29 is 13.2 Å². The summed E-state index contributed by atoms with van der Waals surface area (Å²) in [6.07, 6.45) is 0.250. The zero-order valence-electron chi connectivity index (χ0n) is 13.1. The third-order valence-corrected chi connectivity index (χ3v) is 5.34. The molecule has 128 valence electrons. The number of likely N-dealkylation sites (N-methyl/N-ethyl adjacent to an activating group) is 1. The van der Waals surface area contributed by atoms with Crippen LogP contribution >= 0.6 is 23.2 Å². The molecule has 2 aromatic rings. The fourth-order valence-electron chi connectivity index (χ4n) is 1.92. The normalized spacial score (nSPS) is 11.2. The molecule has 0 heterocycles. The highest BCUT2D eigenvalue weighted by atomic mass is 35.5. The molecule has 0 aromatic heterocycles. The van der Waals surface area contributed by atoms with Gasteiger partial charge in [0.25, 0.3) is 10.0 Å². The van der Waals surface area contributed by atoms with Gasteiger partial charge >= 0.3 is 0 Å². The fraction of sp³-hybridized carbons (Fsp3) is 0.188. The van der Waals surface area contributed by atoms with E-state index < -0.39 is 10.0 Å². The molecular formula is C16H16Cl2N2O3S. The van der Waals surface area contributed by atoms with Crippen molar-refractivity contribution in [2.24, 2.45) is 0 Å². The number of amides is 1. The van der Waals surface area contributed by atoms with Crippen LogP contribution in [0, 0.1) is 0 Å². The Balaban J connectivity index is 2.18. The highest BCUT2D eigenvalue weighted by molar-refractivity contribution is 7.92. The average molecular weight is 387 g/mol. The number of carbonyl (C=O) groups excluding carboxylic acids is 1. The molecule has 0 aliphatic carbocycles. The maximum absolute atomic E-state index is 12.4. The quantitative estimate of drug-likeness (QED) is 0.855. The van der Waals surface area contributed by atoms with Crippen LogP contribution in [0.1, 0.15) is 5.56 Å². The molecule has 2 rings (SSSR count). The summed E-state index contributed by atoms with van der Waals surface area (Å²) in [4.78, 5) is 13.1. The lowest BCUT2D eigenvalue weighted by atomic mass is 10.1. The lowest BCUT2D eigenvalue weighted by Gasteiger charge is -2.12. The summed E-state index contributed by atoms with van der Waals surface area (Å²) in [5.74, 6) is -0.0333. The van der Waals surface area contributed by atoms with Gasteiger partial charge in [0.05, 0.1) is 11.4 Å². The van der Waals surface area contributed by atoms with E-state index in [0.29, 0.717) is 5.69 Å². The number of rotatable bonds is 5. The number of carbonyl (C=O) groups is 1. The second-order valence-electron chi connectivity index (χ2n) is 5.34. The molecule has 0 fully saturated rings. The first-order valence-electron chi connectivity index (χ1n) is 6.96. The Morgan fingerprint density at radius 2 is 1.71 bits per heavy atom. The van der Waals surface area contributed by atoms with Crippen LogP contribution in [-0.4, -0.2) is 33.3 Å². The van der Waals surface area contributed by atoms with E-state index in [4.69, 9.17) is 23.2 Å². The number of nitrogens with zero attached hydrogens (tertiary/aromatic N) is 1. The fourth-order valence-corrected chi connectivity index (χ4v) is 3.74. The first-order valence-corrected chi connectivity index (χ1v) is 9.20. The standard InChI is InChI=1S/C16H16Cl2N2O3S/c1-20(2)16(21)9-11-3-6-13(7-4-11)19-24(22,23)15-10-12(17)5-8-14(15)18/h3-8,10,19H,9H2,1-2H3. The topological polar surface area (TPSA) is 66.5 Å². The summed E-state index contributed by atoms with van der Waals surface area (Å²) in [6.45, 7) is 0. The zero-order valence-corrected chi connectivity index (χ0v) is 15.4. The van der Waals surface area contributed by atoms with Crippen molar-refractivity contribution >= 4 is 44.8 Å². The van der Waals surface area contributed by atoms with Gasteiger partial charge in [-0.2, -0.15) is 0 Å². The Hall–Kier alpha value is -1.76. The Bertz CT molecular complexity index is 850. The molecule has 5 nitrogen and oxygen atoms in total. The van der Waals surface area contributed by atoms with Gasteiger partial charge in [0.15, 0.2) is 0 Å². The van der Waals surface area contributed by atoms with Crippen molar-refractivity contribution in [2.45, 2.75) is 11.3 Å².